The van der Waals surface area contributed by atoms with Crippen molar-refractivity contribution in [3.63, 3.8) is 0 Å². The molecule has 0 fully saturated rings. The largest absolute Gasteiger partial charge is 0.497 e. The number of nitrogens with one attached hydrogen (secondary N) is 1. The molecule has 0 atom stereocenters. The van der Waals surface area contributed by atoms with Crippen molar-refractivity contribution in [3.05, 3.63) is 54.1 Å². The minimum absolute atomic E-state index is 0.149. The van der Waals surface area contributed by atoms with Gasteiger partial charge in [-0.25, -0.2) is 4.79 Å². The number of amides is 1. The van der Waals surface area contributed by atoms with Crippen LogP contribution < -0.4 is 21.5 Å². The average molecular weight is 369 g/mol. The van der Waals surface area contributed by atoms with Crippen LogP contribution in [0.5, 0.6) is 5.75 Å². The van der Waals surface area contributed by atoms with Gasteiger partial charge in [-0.05, 0) is 48.4 Å². The van der Waals surface area contributed by atoms with E-state index in [2.05, 4.69) is 5.32 Å². The van der Waals surface area contributed by atoms with Crippen LogP contribution in [0.4, 0.5) is 17.1 Å². The summed E-state index contributed by atoms with van der Waals surface area (Å²) >= 11 is 0. The van der Waals surface area contributed by atoms with Gasteiger partial charge in [-0.3, -0.25) is 4.79 Å². The van der Waals surface area contributed by atoms with Gasteiger partial charge in [0.25, 0.3) is 0 Å². The summed E-state index contributed by atoms with van der Waals surface area (Å²) in [6.45, 7) is 0.149. The Labute approximate surface area is 157 Å². The number of esters is 1. The number of carbonyl (C=O) groups excluding carboxylic acids is 2. The molecule has 142 valence electrons. The predicted molar refractivity (Wildman–Crippen MR) is 106 cm³/mol. The first kappa shape index (κ1) is 19.8. The number of nitrogen functional groups attached to an aromatic ring is 2. The SMILES string of the molecule is COc1ccc(/C=C/C(=O)OCCCC(=O)Nc2ccc(N)cc2N)cc1. The summed E-state index contributed by atoms with van der Waals surface area (Å²) in [6, 6.07) is 12.1. The van der Waals surface area contributed by atoms with Crippen molar-refractivity contribution in [1.29, 1.82) is 0 Å². The van der Waals surface area contributed by atoms with Crippen LogP contribution in [0.1, 0.15) is 18.4 Å². The molecule has 0 radical (unpaired) electrons. The van der Waals surface area contributed by atoms with Crippen molar-refractivity contribution in [1.82, 2.24) is 0 Å². The lowest BCUT2D eigenvalue weighted by Gasteiger charge is -2.08. The predicted octanol–water partition coefficient (Wildman–Crippen LogP) is 2.83. The van der Waals surface area contributed by atoms with Crippen molar-refractivity contribution >= 4 is 35.0 Å². The quantitative estimate of drug-likeness (QED) is 0.285. The Hall–Kier alpha value is -3.48. The number of anilines is 3. The van der Waals surface area contributed by atoms with E-state index >= 15 is 0 Å². The summed E-state index contributed by atoms with van der Waals surface area (Å²) in [5.74, 6) is 0.0685. The first-order valence-corrected chi connectivity index (χ1v) is 8.41. The Morgan fingerprint density at radius 3 is 2.52 bits per heavy atom. The van der Waals surface area contributed by atoms with Crippen molar-refractivity contribution < 1.29 is 19.1 Å². The fourth-order valence-corrected chi connectivity index (χ4v) is 2.24. The summed E-state index contributed by atoms with van der Waals surface area (Å²) in [6.07, 6.45) is 3.61. The fraction of sp³-hybridized carbons (Fsp3) is 0.200. The third-order valence-electron chi connectivity index (χ3n) is 3.67. The maximum absolute atomic E-state index is 11.9. The van der Waals surface area contributed by atoms with E-state index in [0.717, 1.165) is 11.3 Å². The number of methoxy groups -OCH3 is 1. The summed E-state index contributed by atoms with van der Waals surface area (Å²) in [7, 11) is 1.59. The zero-order valence-electron chi connectivity index (χ0n) is 15.1. The molecule has 0 aliphatic carbocycles. The summed E-state index contributed by atoms with van der Waals surface area (Å²) in [5, 5.41) is 2.70. The molecule has 2 aromatic rings. The molecule has 0 aromatic heterocycles. The van der Waals surface area contributed by atoms with Crippen LogP contribution >= 0.6 is 0 Å². The Morgan fingerprint density at radius 1 is 1.11 bits per heavy atom. The monoisotopic (exact) mass is 369 g/mol. The first-order chi connectivity index (χ1) is 13.0. The molecule has 2 aromatic carbocycles. The van der Waals surface area contributed by atoms with E-state index in [0.29, 0.717) is 23.5 Å². The van der Waals surface area contributed by atoms with Crippen molar-refractivity contribution in [3.8, 4) is 5.75 Å². The first-order valence-electron chi connectivity index (χ1n) is 8.41. The van der Waals surface area contributed by atoms with Crippen LogP contribution in [-0.2, 0) is 14.3 Å². The molecule has 0 spiro atoms. The lowest BCUT2D eigenvalue weighted by atomic mass is 10.2. The molecular weight excluding hydrogens is 346 g/mol. The third kappa shape index (κ3) is 6.74. The number of hydrogen-bond donors (Lipinski definition) is 3. The molecule has 0 aliphatic heterocycles. The zero-order valence-corrected chi connectivity index (χ0v) is 15.1. The standard InChI is InChI=1S/C20H23N3O4/c1-26-16-8-4-14(5-9-16)6-11-20(25)27-12-2-3-19(24)23-18-10-7-15(21)13-17(18)22/h4-11,13H,2-3,12,21-22H2,1H3,(H,23,24)/b11-6+. The number of benzene rings is 2. The number of nitrogens with two attached hydrogens (primary N) is 2. The van der Waals surface area contributed by atoms with E-state index in [4.69, 9.17) is 20.9 Å². The van der Waals surface area contributed by atoms with Crippen molar-refractivity contribution in [2.75, 3.05) is 30.5 Å². The van der Waals surface area contributed by atoms with E-state index in [1.807, 2.05) is 12.1 Å². The minimum atomic E-state index is -0.464. The molecule has 0 heterocycles. The number of ether oxygens (including phenoxy) is 2. The highest BCUT2D eigenvalue weighted by Crippen LogP contribution is 2.21. The summed E-state index contributed by atoms with van der Waals surface area (Å²) < 4.78 is 10.1. The highest BCUT2D eigenvalue weighted by atomic mass is 16.5. The Kier molecular flexibility index (Phi) is 7.25. The highest BCUT2D eigenvalue weighted by Gasteiger charge is 2.06. The molecule has 0 bridgehead atoms. The average Bonchev–Trinajstić information content (AvgIpc) is 2.66. The van der Waals surface area contributed by atoms with Crippen LogP contribution in [0.3, 0.4) is 0 Å². The van der Waals surface area contributed by atoms with Crippen LogP contribution in [0.25, 0.3) is 6.08 Å². The number of carbonyl (C=O) groups is 2. The molecule has 0 unspecified atom stereocenters. The van der Waals surface area contributed by atoms with Gasteiger partial charge >= 0.3 is 5.97 Å². The molecule has 1 amide bonds. The second kappa shape index (κ2) is 9.86. The number of hydrogen-bond acceptors (Lipinski definition) is 6. The van der Waals surface area contributed by atoms with Gasteiger partial charge in [0.2, 0.25) is 5.91 Å². The molecule has 0 saturated heterocycles. The van der Waals surface area contributed by atoms with E-state index in [-0.39, 0.29) is 18.9 Å². The van der Waals surface area contributed by atoms with Gasteiger partial charge < -0.3 is 26.3 Å². The molecule has 0 aliphatic rings. The van der Waals surface area contributed by atoms with Gasteiger partial charge in [-0.15, -0.1) is 0 Å². The lowest BCUT2D eigenvalue weighted by molar-refractivity contribution is -0.138. The summed E-state index contributed by atoms with van der Waals surface area (Å²) in [5.41, 5.74) is 13.7. The van der Waals surface area contributed by atoms with Gasteiger partial charge in [-0.2, -0.15) is 0 Å². The summed E-state index contributed by atoms with van der Waals surface area (Å²) in [4.78, 5) is 23.6. The second-order valence-corrected chi connectivity index (χ2v) is 5.77. The van der Waals surface area contributed by atoms with Gasteiger partial charge in [0.1, 0.15) is 5.75 Å². The van der Waals surface area contributed by atoms with Crippen LogP contribution in [0.2, 0.25) is 0 Å². The Morgan fingerprint density at radius 2 is 1.85 bits per heavy atom. The molecule has 27 heavy (non-hydrogen) atoms. The zero-order chi connectivity index (χ0) is 19.6. The van der Waals surface area contributed by atoms with Gasteiger partial charge in [0, 0.05) is 18.2 Å². The molecule has 5 N–H and O–H groups in total. The van der Waals surface area contributed by atoms with Crippen LogP contribution in [-0.4, -0.2) is 25.6 Å². The molecule has 7 heteroatoms. The maximum Gasteiger partial charge on any atom is 0.330 e. The third-order valence-corrected chi connectivity index (χ3v) is 3.67. The van der Waals surface area contributed by atoms with E-state index in [9.17, 15) is 9.59 Å². The molecule has 0 saturated carbocycles. The van der Waals surface area contributed by atoms with Crippen LogP contribution in [0, 0.1) is 0 Å². The van der Waals surface area contributed by atoms with Crippen molar-refractivity contribution in [2.45, 2.75) is 12.8 Å². The fourth-order valence-electron chi connectivity index (χ4n) is 2.24. The van der Waals surface area contributed by atoms with E-state index < -0.39 is 5.97 Å². The normalized spacial score (nSPS) is 10.6. The van der Waals surface area contributed by atoms with Gasteiger partial charge in [-0.1, -0.05) is 12.1 Å². The van der Waals surface area contributed by atoms with E-state index in [1.54, 1.807) is 43.5 Å². The molecule has 7 nitrogen and oxygen atoms in total. The molecular formula is C20H23N3O4. The smallest absolute Gasteiger partial charge is 0.330 e. The minimum Gasteiger partial charge on any atom is -0.497 e. The maximum atomic E-state index is 11.9. The number of rotatable bonds is 8. The topological polar surface area (TPSA) is 117 Å². The highest BCUT2D eigenvalue weighted by molar-refractivity contribution is 5.94. The molecule has 2 rings (SSSR count). The van der Waals surface area contributed by atoms with Crippen LogP contribution in [0.15, 0.2) is 48.5 Å². The van der Waals surface area contributed by atoms with Gasteiger partial charge in [0.15, 0.2) is 0 Å². The van der Waals surface area contributed by atoms with E-state index in [1.165, 1.54) is 6.08 Å². The Balaban J connectivity index is 1.68. The second-order valence-electron chi connectivity index (χ2n) is 5.77. The van der Waals surface area contributed by atoms with Crippen molar-refractivity contribution in [2.24, 2.45) is 0 Å². The Bertz CT molecular complexity index is 816. The van der Waals surface area contributed by atoms with Gasteiger partial charge in [0.05, 0.1) is 25.1 Å². The lowest BCUT2D eigenvalue weighted by Crippen LogP contribution is -2.14.